The lowest BCUT2D eigenvalue weighted by molar-refractivity contribution is -0.119. The molecule has 1 saturated heterocycles. The van der Waals surface area contributed by atoms with Gasteiger partial charge < -0.3 is 19.9 Å². The van der Waals surface area contributed by atoms with E-state index in [1.54, 1.807) is 9.80 Å². The lowest BCUT2D eigenvalue weighted by atomic mass is 10.3. The van der Waals surface area contributed by atoms with Crippen molar-refractivity contribution >= 4 is 18.1 Å². The minimum absolute atomic E-state index is 0.164. The first kappa shape index (κ1) is 14.2. The summed E-state index contributed by atoms with van der Waals surface area (Å²) < 4.78 is 5.47. The van der Waals surface area contributed by atoms with Gasteiger partial charge in [0.15, 0.2) is 0 Å². The highest BCUT2D eigenvalue weighted by Gasteiger charge is 2.20. The van der Waals surface area contributed by atoms with Crippen molar-refractivity contribution < 1.29 is 14.3 Å². The van der Waals surface area contributed by atoms with E-state index in [-0.39, 0.29) is 6.03 Å². The second kappa shape index (κ2) is 6.79. The molecule has 0 bridgehead atoms. The number of carbonyl (C=O) groups excluding carboxylic acids is 2. The summed E-state index contributed by atoms with van der Waals surface area (Å²) in [5.41, 5.74) is 0.664. The molecular weight excluding hydrogens is 258 g/mol. The number of nitrogens with zero attached hydrogens (tertiary/aromatic N) is 2. The van der Waals surface area contributed by atoms with Crippen LogP contribution in [0.15, 0.2) is 24.3 Å². The SMILES string of the molecule is CCOc1ccccc1NC(=O)N1CCN(C=O)CC1. The first-order valence-corrected chi connectivity index (χ1v) is 6.71. The molecule has 20 heavy (non-hydrogen) atoms. The van der Waals surface area contributed by atoms with Gasteiger partial charge in [-0.25, -0.2) is 4.79 Å². The van der Waals surface area contributed by atoms with Gasteiger partial charge in [-0.15, -0.1) is 0 Å². The highest BCUT2D eigenvalue weighted by molar-refractivity contribution is 5.91. The maximum Gasteiger partial charge on any atom is 0.322 e. The molecule has 6 heteroatoms. The summed E-state index contributed by atoms with van der Waals surface area (Å²) in [6.07, 6.45) is 0.819. The van der Waals surface area contributed by atoms with Gasteiger partial charge in [-0.2, -0.15) is 0 Å². The summed E-state index contributed by atoms with van der Waals surface area (Å²) in [5, 5.41) is 2.85. The Morgan fingerprint density at radius 3 is 2.65 bits per heavy atom. The molecule has 0 aliphatic carbocycles. The molecule has 108 valence electrons. The lowest BCUT2D eigenvalue weighted by Crippen LogP contribution is -2.49. The summed E-state index contributed by atoms with van der Waals surface area (Å²) in [7, 11) is 0. The van der Waals surface area contributed by atoms with Crippen LogP contribution in [0.4, 0.5) is 10.5 Å². The minimum Gasteiger partial charge on any atom is -0.492 e. The first-order chi connectivity index (χ1) is 9.74. The molecule has 1 N–H and O–H groups in total. The van der Waals surface area contributed by atoms with Crippen LogP contribution in [0, 0.1) is 0 Å². The number of nitrogens with one attached hydrogen (secondary N) is 1. The summed E-state index contributed by atoms with van der Waals surface area (Å²) in [6.45, 7) is 4.68. The quantitative estimate of drug-likeness (QED) is 0.846. The van der Waals surface area contributed by atoms with Gasteiger partial charge in [0.2, 0.25) is 6.41 Å². The fourth-order valence-corrected chi connectivity index (χ4v) is 2.08. The van der Waals surface area contributed by atoms with Crippen LogP contribution >= 0.6 is 0 Å². The molecule has 1 aliphatic heterocycles. The van der Waals surface area contributed by atoms with E-state index in [1.165, 1.54) is 0 Å². The number of urea groups is 1. The number of ether oxygens (including phenoxy) is 1. The normalized spacial score (nSPS) is 14.8. The molecule has 1 heterocycles. The molecule has 0 saturated carbocycles. The molecule has 0 spiro atoms. The number of hydrogen-bond acceptors (Lipinski definition) is 3. The van der Waals surface area contributed by atoms with Crippen LogP contribution < -0.4 is 10.1 Å². The molecule has 6 nitrogen and oxygen atoms in total. The average molecular weight is 277 g/mol. The van der Waals surface area contributed by atoms with Crippen LogP contribution in [-0.2, 0) is 4.79 Å². The van der Waals surface area contributed by atoms with Crippen LogP contribution in [0.25, 0.3) is 0 Å². The van der Waals surface area contributed by atoms with Crippen molar-refractivity contribution in [1.82, 2.24) is 9.80 Å². The van der Waals surface area contributed by atoms with E-state index in [2.05, 4.69) is 5.32 Å². The summed E-state index contributed by atoms with van der Waals surface area (Å²) in [5.74, 6) is 0.662. The second-order valence-corrected chi connectivity index (χ2v) is 4.49. The average Bonchev–Trinajstić information content (AvgIpc) is 2.49. The summed E-state index contributed by atoms with van der Waals surface area (Å²) in [6, 6.07) is 7.18. The predicted octanol–water partition coefficient (Wildman–Crippen LogP) is 1.39. The number of benzene rings is 1. The lowest BCUT2D eigenvalue weighted by Gasteiger charge is -2.32. The number of para-hydroxylation sites is 2. The molecule has 3 amide bonds. The molecule has 2 rings (SSSR count). The van der Waals surface area contributed by atoms with Crippen LogP contribution in [0.1, 0.15) is 6.92 Å². The third-order valence-corrected chi connectivity index (χ3v) is 3.18. The van der Waals surface area contributed by atoms with Gasteiger partial charge in [-0.1, -0.05) is 12.1 Å². The maximum atomic E-state index is 12.2. The fourth-order valence-electron chi connectivity index (χ4n) is 2.08. The van der Waals surface area contributed by atoms with Crippen LogP contribution in [0.2, 0.25) is 0 Å². The topological polar surface area (TPSA) is 61.9 Å². The van der Waals surface area contributed by atoms with Crippen molar-refractivity contribution in [2.75, 3.05) is 38.1 Å². The third-order valence-electron chi connectivity index (χ3n) is 3.18. The summed E-state index contributed by atoms with van der Waals surface area (Å²) in [4.78, 5) is 26.2. The Balaban J connectivity index is 1.96. The molecule has 1 aromatic carbocycles. The van der Waals surface area contributed by atoms with Gasteiger partial charge in [0, 0.05) is 26.2 Å². The van der Waals surface area contributed by atoms with E-state index in [4.69, 9.17) is 4.74 Å². The molecular formula is C14H19N3O3. The number of amides is 3. The van der Waals surface area contributed by atoms with Crippen molar-refractivity contribution in [1.29, 1.82) is 0 Å². The Morgan fingerprint density at radius 1 is 1.30 bits per heavy atom. The second-order valence-electron chi connectivity index (χ2n) is 4.49. The number of hydrogen-bond donors (Lipinski definition) is 1. The smallest absolute Gasteiger partial charge is 0.322 e. The number of rotatable bonds is 4. The van der Waals surface area contributed by atoms with Crippen molar-refractivity contribution in [3.63, 3.8) is 0 Å². The van der Waals surface area contributed by atoms with E-state index < -0.39 is 0 Å². The van der Waals surface area contributed by atoms with Gasteiger partial charge in [0.1, 0.15) is 5.75 Å². The summed E-state index contributed by atoms with van der Waals surface area (Å²) >= 11 is 0. The Kier molecular flexibility index (Phi) is 4.81. The van der Waals surface area contributed by atoms with E-state index >= 15 is 0 Å². The van der Waals surface area contributed by atoms with Crippen molar-refractivity contribution in [3.8, 4) is 5.75 Å². The van der Waals surface area contributed by atoms with Gasteiger partial charge in [-0.3, -0.25) is 4.79 Å². The molecule has 0 atom stereocenters. The van der Waals surface area contributed by atoms with Gasteiger partial charge in [0.05, 0.1) is 12.3 Å². The molecule has 0 radical (unpaired) electrons. The monoisotopic (exact) mass is 277 g/mol. The third kappa shape index (κ3) is 3.40. The van der Waals surface area contributed by atoms with Crippen molar-refractivity contribution in [2.24, 2.45) is 0 Å². The highest BCUT2D eigenvalue weighted by atomic mass is 16.5. The Hall–Kier alpha value is -2.24. The number of anilines is 1. The van der Waals surface area contributed by atoms with Gasteiger partial charge >= 0.3 is 6.03 Å². The zero-order valence-electron chi connectivity index (χ0n) is 11.5. The van der Waals surface area contributed by atoms with E-state index in [0.717, 1.165) is 6.41 Å². The Labute approximate surface area is 118 Å². The van der Waals surface area contributed by atoms with E-state index in [1.807, 2.05) is 31.2 Å². The number of carbonyl (C=O) groups is 2. The van der Waals surface area contributed by atoms with Crippen LogP contribution in [-0.4, -0.2) is 55.0 Å². The minimum atomic E-state index is -0.164. The van der Waals surface area contributed by atoms with E-state index in [9.17, 15) is 9.59 Å². The Morgan fingerprint density at radius 2 is 2.00 bits per heavy atom. The Bertz CT molecular complexity index is 470. The molecule has 1 aromatic rings. The van der Waals surface area contributed by atoms with Gasteiger partial charge in [-0.05, 0) is 19.1 Å². The molecule has 1 aliphatic rings. The van der Waals surface area contributed by atoms with Crippen LogP contribution in [0.3, 0.4) is 0 Å². The molecule has 0 unspecified atom stereocenters. The zero-order valence-corrected chi connectivity index (χ0v) is 11.5. The fraction of sp³-hybridized carbons (Fsp3) is 0.429. The number of piperazine rings is 1. The standard InChI is InChI=1S/C14H19N3O3/c1-2-20-13-6-4-3-5-12(13)15-14(19)17-9-7-16(11-18)8-10-17/h3-6,11H,2,7-10H2,1H3,(H,15,19). The van der Waals surface area contributed by atoms with Crippen molar-refractivity contribution in [2.45, 2.75) is 6.92 Å². The molecule has 1 fully saturated rings. The predicted molar refractivity (Wildman–Crippen MR) is 75.8 cm³/mol. The van der Waals surface area contributed by atoms with Crippen LogP contribution in [0.5, 0.6) is 5.75 Å². The maximum absolute atomic E-state index is 12.2. The first-order valence-electron chi connectivity index (χ1n) is 6.71. The van der Waals surface area contributed by atoms with E-state index in [0.29, 0.717) is 44.2 Å². The van der Waals surface area contributed by atoms with Gasteiger partial charge in [0.25, 0.3) is 0 Å². The molecule has 0 aromatic heterocycles. The zero-order chi connectivity index (χ0) is 14.4. The highest BCUT2D eigenvalue weighted by Crippen LogP contribution is 2.24. The largest absolute Gasteiger partial charge is 0.492 e. The van der Waals surface area contributed by atoms with Crippen molar-refractivity contribution in [3.05, 3.63) is 24.3 Å².